The van der Waals surface area contributed by atoms with Gasteiger partial charge in [-0.1, -0.05) is 60.7 Å². The number of benzene rings is 2. The first-order valence-electron chi connectivity index (χ1n) is 9.57. The minimum absolute atomic E-state index is 0.215. The second-order valence-electron chi connectivity index (χ2n) is 7.15. The molecule has 3 rings (SSSR count). The number of Topliss-reactive ketones (excluding diaryl/α,β-unsaturated/α-hetero) is 1. The number of aromatic nitrogens is 2. The molecule has 1 unspecified atom stereocenters. The zero-order chi connectivity index (χ0) is 22.4. The fraction of sp³-hybridized carbons (Fsp3) is 0.182. The lowest BCUT2D eigenvalue weighted by molar-refractivity contribution is 0.0935. The second kappa shape index (κ2) is 9.64. The van der Waals surface area contributed by atoms with Crippen molar-refractivity contribution >= 4 is 19.1 Å². The lowest BCUT2D eigenvalue weighted by atomic mass is 9.98. The Bertz CT molecular complexity index is 1130. The van der Waals surface area contributed by atoms with Crippen molar-refractivity contribution in [3.63, 3.8) is 0 Å². The fourth-order valence-corrected chi connectivity index (χ4v) is 3.60. The second-order valence-corrected chi connectivity index (χ2v) is 9.70. The van der Waals surface area contributed by atoms with Crippen molar-refractivity contribution in [3.8, 4) is 0 Å². The third-order valence-corrected chi connectivity index (χ3v) is 5.66. The van der Waals surface area contributed by atoms with Gasteiger partial charge in [0.1, 0.15) is 5.56 Å². The number of amides is 1. The Labute approximate surface area is 178 Å². The molecule has 1 aromatic heterocycles. The lowest BCUT2D eigenvalue weighted by Crippen LogP contribution is -2.34. The zero-order valence-electron chi connectivity index (χ0n) is 16.8. The molecule has 0 bridgehead atoms. The SMILES string of the molecule is CP(=O)(O)CCC(=O)c1ncc(C(=O)NC(c2ccccc2)c2ccccc2)c(=O)[nH]1. The molecular formula is C22H22N3O5P. The molecular weight excluding hydrogens is 417 g/mol. The summed E-state index contributed by atoms with van der Waals surface area (Å²) in [6.07, 6.45) is 0.593. The number of carbonyl (C=O) groups is 2. The van der Waals surface area contributed by atoms with Crippen LogP contribution in [0.5, 0.6) is 0 Å². The number of carbonyl (C=O) groups excluding carboxylic acids is 2. The number of H-pyrrole nitrogens is 1. The topological polar surface area (TPSA) is 129 Å². The van der Waals surface area contributed by atoms with E-state index in [2.05, 4.69) is 15.3 Å². The lowest BCUT2D eigenvalue weighted by Gasteiger charge is -2.19. The average Bonchev–Trinajstić information content (AvgIpc) is 2.76. The third-order valence-electron chi connectivity index (χ3n) is 4.60. The Hall–Kier alpha value is -3.35. The zero-order valence-corrected chi connectivity index (χ0v) is 17.7. The number of nitrogens with zero attached hydrogens (tertiary/aromatic N) is 1. The van der Waals surface area contributed by atoms with Crippen LogP contribution in [0.1, 0.15) is 44.6 Å². The van der Waals surface area contributed by atoms with Gasteiger partial charge in [0.05, 0.1) is 6.04 Å². The smallest absolute Gasteiger partial charge is 0.264 e. The standard InChI is InChI=1S/C22H22N3O5P/c1-31(29,30)13-12-18(26)20-23-14-17(22(28)25-20)21(27)24-19(15-8-4-2-5-9-15)16-10-6-3-7-11-16/h2-11,14,19H,12-13H2,1H3,(H,24,27)(H,29,30)(H,23,25,28). The number of rotatable bonds is 8. The highest BCUT2D eigenvalue weighted by Gasteiger charge is 2.21. The third kappa shape index (κ3) is 6.07. The number of ketones is 1. The van der Waals surface area contributed by atoms with Gasteiger partial charge in [-0.15, -0.1) is 0 Å². The van der Waals surface area contributed by atoms with E-state index in [0.29, 0.717) is 0 Å². The molecule has 0 saturated heterocycles. The van der Waals surface area contributed by atoms with E-state index in [4.69, 9.17) is 0 Å². The minimum atomic E-state index is -3.36. The molecule has 3 N–H and O–H groups in total. The summed E-state index contributed by atoms with van der Waals surface area (Å²) in [7, 11) is -3.36. The molecule has 2 aromatic carbocycles. The first-order chi connectivity index (χ1) is 14.7. The van der Waals surface area contributed by atoms with Crippen molar-refractivity contribution in [1.82, 2.24) is 15.3 Å². The van der Waals surface area contributed by atoms with Crippen molar-refractivity contribution in [2.24, 2.45) is 0 Å². The Morgan fingerprint density at radius 1 is 1.06 bits per heavy atom. The number of hydrogen-bond acceptors (Lipinski definition) is 5. The summed E-state index contributed by atoms with van der Waals surface area (Å²) >= 11 is 0. The molecule has 31 heavy (non-hydrogen) atoms. The van der Waals surface area contributed by atoms with E-state index in [-0.39, 0.29) is 24.0 Å². The highest BCUT2D eigenvalue weighted by Crippen LogP contribution is 2.35. The summed E-state index contributed by atoms with van der Waals surface area (Å²) in [6.45, 7) is 1.15. The van der Waals surface area contributed by atoms with Crippen LogP contribution in [-0.2, 0) is 4.57 Å². The molecule has 0 radical (unpaired) electrons. The number of aromatic amines is 1. The van der Waals surface area contributed by atoms with Crippen molar-refractivity contribution in [1.29, 1.82) is 0 Å². The molecule has 0 saturated carbocycles. The molecule has 0 spiro atoms. The largest absolute Gasteiger partial charge is 0.344 e. The molecule has 0 aliphatic heterocycles. The minimum Gasteiger partial charge on any atom is -0.344 e. The fourth-order valence-electron chi connectivity index (χ4n) is 2.98. The van der Waals surface area contributed by atoms with Gasteiger partial charge >= 0.3 is 0 Å². The Morgan fingerprint density at radius 3 is 2.10 bits per heavy atom. The maximum absolute atomic E-state index is 12.8. The van der Waals surface area contributed by atoms with E-state index in [9.17, 15) is 23.8 Å². The number of nitrogens with one attached hydrogen (secondary N) is 2. The summed E-state index contributed by atoms with van der Waals surface area (Å²) in [6, 6.07) is 18.1. The van der Waals surface area contributed by atoms with Crippen LogP contribution in [-0.4, -0.2) is 39.4 Å². The monoisotopic (exact) mass is 439 g/mol. The summed E-state index contributed by atoms with van der Waals surface area (Å²) in [5.41, 5.74) is 0.675. The number of hydrogen-bond donors (Lipinski definition) is 3. The summed E-state index contributed by atoms with van der Waals surface area (Å²) in [4.78, 5) is 52.9. The van der Waals surface area contributed by atoms with Crippen LogP contribution in [0, 0.1) is 0 Å². The molecule has 1 heterocycles. The Kier molecular flexibility index (Phi) is 6.95. The van der Waals surface area contributed by atoms with Crippen molar-refractivity contribution in [3.05, 3.63) is 99.7 Å². The van der Waals surface area contributed by atoms with Crippen LogP contribution >= 0.6 is 7.37 Å². The van der Waals surface area contributed by atoms with Gasteiger partial charge in [-0.3, -0.25) is 18.9 Å². The van der Waals surface area contributed by atoms with Gasteiger partial charge in [-0.05, 0) is 11.1 Å². The molecule has 8 nitrogen and oxygen atoms in total. The van der Waals surface area contributed by atoms with Crippen molar-refractivity contribution in [2.75, 3.05) is 12.8 Å². The van der Waals surface area contributed by atoms with Crippen LogP contribution < -0.4 is 10.9 Å². The van der Waals surface area contributed by atoms with E-state index in [1.54, 1.807) is 0 Å². The van der Waals surface area contributed by atoms with Crippen LogP contribution in [0.2, 0.25) is 0 Å². The predicted octanol–water partition coefficient (Wildman–Crippen LogP) is 2.76. The van der Waals surface area contributed by atoms with Crippen molar-refractivity contribution in [2.45, 2.75) is 12.5 Å². The highest BCUT2D eigenvalue weighted by molar-refractivity contribution is 7.57. The van der Waals surface area contributed by atoms with Crippen LogP contribution in [0.3, 0.4) is 0 Å². The van der Waals surface area contributed by atoms with Gasteiger partial charge in [-0.2, -0.15) is 0 Å². The molecule has 9 heteroatoms. The summed E-state index contributed by atoms with van der Waals surface area (Å²) in [5, 5.41) is 2.85. The van der Waals surface area contributed by atoms with Gasteiger partial charge in [0.15, 0.2) is 19.0 Å². The average molecular weight is 439 g/mol. The molecule has 1 amide bonds. The van der Waals surface area contributed by atoms with Gasteiger partial charge in [-0.25, -0.2) is 4.98 Å². The molecule has 3 aromatic rings. The summed E-state index contributed by atoms with van der Waals surface area (Å²) in [5.74, 6) is -1.47. The van der Waals surface area contributed by atoms with Gasteiger partial charge in [0.2, 0.25) is 0 Å². The predicted molar refractivity (Wildman–Crippen MR) is 117 cm³/mol. The molecule has 0 fully saturated rings. The summed E-state index contributed by atoms with van der Waals surface area (Å²) < 4.78 is 11.4. The van der Waals surface area contributed by atoms with Gasteiger partial charge in [0.25, 0.3) is 11.5 Å². The normalized spacial score (nSPS) is 12.9. The van der Waals surface area contributed by atoms with E-state index >= 15 is 0 Å². The van der Waals surface area contributed by atoms with E-state index in [1.807, 2.05) is 60.7 Å². The quantitative estimate of drug-likeness (QED) is 0.366. The van der Waals surface area contributed by atoms with E-state index in [1.165, 1.54) is 0 Å². The van der Waals surface area contributed by atoms with Crippen LogP contribution in [0.4, 0.5) is 0 Å². The van der Waals surface area contributed by atoms with Crippen LogP contribution in [0.25, 0.3) is 0 Å². The van der Waals surface area contributed by atoms with Gasteiger partial charge in [0, 0.05) is 25.4 Å². The van der Waals surface area contributed by atoms with Crippen molar-refractivity contribution < 1.29 is 19.0 Å². The van der Waals surface area contributed by atoms with Gasteiger partial charge < -0.3 is 15.2 Å². The Balaban J connectivity index is 1.82. The molecule has 0 aliphatic rings. The Morgan fingerprint density at radius 2 is 1.61 bits per heavy atom. The van der Waals surface area contributed by atoms with Crippen LogP contribution in [0.15, 0.2) is 71.7 Å². The molecule has 160 valence electrons. The molecule has 0 aliphatic carbocycles. The maximum Gasteiger partial charge on any atom is 0.264 e. The molecule has 1 atom stereocenters. The maximum atomic E-state index is 12.8. The first-order valence-corrected chi connectivity index (χ1v) is 11.9. The highest BCUT2D eigenvalue weighted by atomic mass is 31.2. The van der Waals surface area contributed by atoms with E-state index in [0.717, 1.165) is 24.0 Å². The van der Waals surface area contributed by atoms with E-state index < -0.39 is 30.7 Å². The first kappa shape index (κ1) is 22.3.